The minimum Gasteiger partial charge on any atom is -0.481 e. The van der Waals surface area contributed by atoms with Gasteiger partial charge in [0.15, 0.2) is 5.82 Å². The van der Waals surface area contributed by atoms with Crippen molar-refractivity contribution in [2.45, 2.75) is 12.8 Å². The first-order chi connectivity index (χ1) is 10.0. The number of nitrogens with one attached hydrogen (secondary N) is 1. The molecular weight excluding hydrogens is 276 g/mol. The number of carboxylic acids is 1. The quantitative estimate of drug-likeness (QED) is 0.885. The Morgan fingerprint density at radius 3 is 2.48 bits per heavy atom. The monoisotopic (exact) mass is 291 g/mol. The van der Waals surface area contributed by atoms with Crippen molar-refractivity contribution in [3.05, 3.63) is 65.2 Å². The van der Waals surface area contributed by atoms with E-state index in [2.05, 4.69) is 5.32 Å². The fourth-order valence-electron chi connectivity index (χ4n) is 2.06. The topological polar surface area (TPSA) is 49.3 Å². The van der Waals surface area contributed by atoms with Crippen molar-refractivity contribution in [3.8, 4) is 0 Å². The van der Waals surface area contributed by atoms with E-state index in [1.807, 2.05) is 0 Å². The van der Waals surface area contributed by atoms with Crippen LogP contribution >= 0.6 is 0 Å². The zero-order chi connectivity index (χ0) is 15.4. The molecule has 2 aromatic carbocycles. The smallest absolute Gasteiger partial charge is 0.312 e. The molecule has 0 amide bonds. The summed E-state index contributed by atoms with van der Waals surface area (Å²) in [6.07, 6.45) is 0. The Kier molecular flexibility index (Phi) is 4.52. The molecule has 5 heteroatoms. The van der Waals surface area contributed by atoms with Crippen LogP contribution in [-0.4, -0.2) is 17.6 Å². The Bertz CT molecular complexity index is 644. The van der Waals surface area contributed by atoms with Crippen molar-refractivity contribution >= 4 is 11.7 Å². The van der Waals surface area contributed by atoms with Crippen LogP contribution in [0.5, 0.6) is 0 Å². The molecule has 2 N–H and O–H groups in total. The molecule has 2 aromatic rings. The van der Waals surface area contributed by atoms with Gasteiger partial charge in [-0.25, -0.2) is 8.78 Å². The van der Waals surface area contributed by atoms with Crippen LogP contribution in [0.15, 0.2) is 42.5 Å². The van der Waals surface area contributed by atoms with Crippen molar-refractivity contribution in [2.24, 2.45) is 0 Å². The molecule has 0 saturated carbocycles. The van der Waals surface area contributed by atoms with E-state index in [4.69, 9.17) is 0 Å². The van der Waals surface area contributed by atoms with Gasteiger partial charge in [0.1, 0.15) is 11.5 Å². The number of carbonyl (C=O) groups is 1. The van der Waals surface area contributed by atoms with Crippen LogP contribution in [0.4, 0.5) is 14.5 Å². The summed E-state index contributed by atoms with van der Waals surface area (Å²) in [5, 5.41) is 11.8. The van der Waals surface area contributed by atoms with Crippen molar-refractivity contribution in [2.75, 3.05) is 11.9 Å². The largest absolute Gasteiger partial charge is 0.481 e. The second-order valence-corrected chi connectivity index (χ2v) is 4.74. The standard InChI is InChI=1S/C16H15F2NO2/c1-10-7-8-13(17)15(14(10)18)19-9-12(16(20)21)11-5-3-2-4-6-11/h2-8,12,19H,9H2,1H3,(H,20,21). The van der Waals surface area contributed by atoms with Crippen LogP contribution in [0, 0.1) is 18.6 Å². The lowest BCUT2D eigenvalue weighted by Gasteiger charge is -2.16. The molecule has 3 nitrogen and oxygen atoms in total. The number of hydrogen-bond donors (Lipinski definition) is 2. The maximum atomic E-state index is 13.9. The van der Waals surface area contributed by atoms with Crippen LogP contribution in [-0.2, 0) is 4.79 Å². The van der Waals surface area contributed by atoms with Gasteiger partial charge in [0.25, 0.3) is 0 Å². The van der Waals surface area contributed by atoms with Crippen LogP contribution in [0.25, 0.3) is 0 Å². The molecule has 0 fully saturated rings. The Hall–Kier alpha value is -2.43. The van der Waals surface area contributed by atoms with Gasteiger partial charge < -0.3 is 10.4 Å². The summed E-state index contributed by atoms with van der Waals surface area (Å²) in [5.41, 5.74) is 0.577. The fourth-order valence-corrected chi connectivity index (χ4v) is 2.06. The van der Waals surface area contributed by atoms with Gasteiger partial charge in [0, 0.05) is 6.54 Å². The number of benzene rings is 2. The molecule has 1 atom stereocenters. The maximum absolute atomic E-state index is 13.9. The number of carboxylic acid groups (broad SMARTS) is 1. The third kappa shape index (κ3) is 3.37. The molecule has 0 spiro atoms. The SMILES string of the molecule is Cc1ccc(F)c(NCC(C(=O)O)c2ccccc2)c1F. The van der Waals surface area contributed by atoms with E-state index in [1.165, 1.54) is 13.0 Å². The normalized spacial score (nSPS) is 12.0. The van der Waals surface area contributed by atoms with Gasteiger partial charge >= 0.3 is 5.97 Å². The van der Waals surface area contributed by atoms with Crippen LogP contribution in [0.1, 0.15) is 17.0 Å². The van der Waals surface area contributed by atoms with E-state index in [1.54, 1.807) is 30.3 Å². The second-order valence-electron chi connectivity index (χ2n) is 4.74. The summed E-state index contributed by atoms with van der Waals surface area (Å²) in [6, 6.07) is 11.0. The third-order valence-electron chi connectivity index (χ3n) is 3.27. The van der Waals surface area contributed by atoms with E-state index < -0.39 is 23.5 Å². The molecule has 1 unspecified atom stereocenters. The maximum Gasteiger partial charge on any atom is 0.312 e. The van der Waals surface area contributed by atoms with Gasteiger partial charge in [-0.05, 0) is 24.1 Å². The minimum atomic E-state index is -1.05. The number of aryl methyl sites for hydroxylation is 1. The zero-order valence-electron chi connectivity index (χ0n) is 11.4. The molecule has 0 bridgehead atoms. The Morgan fingerprint density at radius 2 is 1.86 bits per heavy atom. The Morgan fingerprint density at radius 1 is 1.19 bits per heavy atom. The summed E-state index contributed by atoms with van der Waals surface area (Å²) < 4.78 is 27.5. The zero-order valence-corrected chi connectivity index (χ0v) is 11.4. The van der Waals surface area contributed by atoms with Crippen LogP contribution < -0.4 is 5.32 Å². The van der Waals surface area contributed by atoms with Crippen LogP contribution in [0.2, 0.25) is 0 Å². The minimum absolute atomic E-state index is 0.101. The van der Waals surface area contributed by atoms with Gasteiger partial charge in [-0.2, -0.15) is 0 Å². The van der Waals surface area contributed by atoms with E-state index in [0.717, 1.165) is 6.07 Å². The summed E-state index contributed by atoms with van der Waals surface area (Å²) in [7, 11) is 0. The van der Waals surface area contributed by atoms with Gasteiger partial charge in [0.05, 0.1) is 5.92 Å². The molecule has 2 rings (SSSR count). The summed E-state index contributed by atoms with van der Waals surface area (Å²) >= 11 is 0. The van der Waals surface area contributed by atoms with Crippen molar-refractivity contribution in [3.63, 3.8) is 0 Å². The molecule has 21 heavy (non-hydrogen) atoms. The molecule has 110 valence electrons. The first-order valence-electron chi connectivity index (χ1n) is 6.47. The number of anilines is 1. The van der Waals surface area contributed by atoms with Gasteiger partial charge in [-0.3, -0.25) is 4.79 Å². The summed E-state index contributed by atoms with van der Waals surface area (Å²) in [4.78, 5) is 11.3. The average Bonchev–Trinajstić information content (AvgIpc) is 2.47. The van der Waals surface area contributed by atoms with Crippen molar-refractivity contribution in [1.82, 2.24) is 0 Å². The first kappa shape index (κ1) is 15.0. The molecule has 0 aromatic heterocycles. The lowest BCUT2D eigenvalue weighted by atomic mass is 9.99. The molecular formula is C16H15F2NO2. The highest BCUT2D eigenvalue weighted by molar-refractivity contribution is 5.77. The Balaban J connectivity index is 2.21. The second kappa shape index (κ2) is 6.35. The van der Waals surface area contributed by atoms with E-state index in [9.17, 15) is 18.7 Å². The number of rotatable bonds is 5. The molecule has 0 heterocycles. The van der Waals surface area contributed by atoms with Gasteiger partial charge in [0.2, 0.25) is 0 Å². The Labute approximate surface area is 121 Å². The highest BCUT2D eigenvalue weighted by atomic mass is 19.1. The van der Waals surface area contributed by atoms with E-state index >= 15 is 0 Å². The summed E-state index contributed by atoms with van der Waals surface area (Å²) in [5.74, 6) is -3.38. The first-order valence-corrected chi connectivity index (χ1v) is 6.47. The number of hydrogen-bond acceptors (Lipinski definition) is 2. The van der Waals surface area contributed by atoms with Crippen molar-refractivity contribution in [1.29, 1.82) is 0 Å². The van der Waals surface area contributed by atoms with E-state index in [0.29, 0.717) is 11.1 Å². The molecule has 0 aliphatic rings. The molecule has 0 saturated heterocycles. The molecule has 0 aliphatic heterocycles. The van der Waals surface area contributed by atoms with E-state index in [-0.39, 0.29) is 12.2 Å². The summed E-state index contributed by atoms with van der Waals surface area (Å²) in [6.45, 7) is 1.42. The van der Waals surface area contributed by atoms with Crippen molar-refractivity contribution < 1.29 is 18.7 Å². The number of halogens is 2. The predicted octanol–water partition coefficient (Wildman–Crippen LogP) is 3.55. The third-order valence-corrected chi connectivity index (χ3v) is 3.27. The lowest BCUT2D eigenvalue weighted by molar-refractivity contribution is -0.138. The average molecular weight is 291 g/mol. The van der Waals surface area contributed by atoms with Gasteiger partial charge in [-0.1, -0.05) is 36.4 Å². The lowest BCUT2D eigenvalue weighted by Crippen LogP contribution is -2.21. The predicted molar refractivity (Wildman–Crippen MR) is 76.4 cm³/mol. The molecule has 0 radical (unpaired) electrons. The molecule has 0 aliphatic carbocycles. The fraction of sp³-hybridized carbons (Fsp3) is 0.188. The van der Waals surface area contributed by atoms with Crippen LogP contribution in [0.3, 0.4) is 0 Å². The van der Waals surface area contributed by atoms with Gasteiger partial charge in [-0.15, -0.1) is 0 Å². The number of aliphatic carboxylic acids is 1. The highest BCUT2D eigenvalue weighted by Gasteiger charge is 2.21. The highest BCUT2D eigenvalue weighted by Crippen LogP contribution is 2.23.